The van der Waals surface area contributed by atoms with Crippen LogP contribution < -0.4 is 5.32 Å². The van der Waals surface area contributed by atoms with Crippen molar-refractivity contribution in [3.63, 3.8) is 0 Å². The second-order valence-electron chi connectivity index (χ2n) is 6.57. The van der Waals surface area contributed by atoms with Gasteiger partial charge in [-0.3, -0.25) is 4.90 Å². The SMILES string of the molecule is CC(CN1CCCCC1C1CCCN1)c1ccccc1. The number of hydrogen-bond donors (Lipinski definition) is 1. The van der Waals surface area contributed by atoms with E-state index in [0.29, 0.717) is 5.92 Å². The van der Waals surface area contributed by atoms with E-state index < -0.39 is 0 Å². The molecule has 0 radical (unpaired) electrons. The molecule has 2 fully saturated rings. The van der Waals surface area contributed by atoms with Crippen molar-refractivity contribution in [3.8, 4) is 0 Å². The quantitative estimate of drug-likeness (QED) is 0.904. The van der Waals surface area contributed by atoms with Gasteiger partial charge in [-0.2, -0.15) is 0 Å². The van der Waals surface area contributed by atoms with Gasteiger partial charge in [0.1, 0.15) is 0 Å². The molecule has 0 amide bonds. The Balaban J connectivity index is 1.64. The van der Waals surface area contributed by atoms with Crippen LogP contribution in [0.5, 0.6) is 0 Å². The first kappa shape index (κ1) is 14.1. The van der Waals surface area contributed by atoms with E-state index in [9.17, 15) is 0 Å². The van der Waals surface area contributed by atoms with Crippen LogP contribution in [0.15, 0.2) is 30.3 Å². The highest BCUT2D eigenvalue weighted by molar-refractivity contribution is 5.19. The molecule has 1 aromatic rings. The highest BCUT2D eigenvalue weighted by Gasteiger charge is 2.32. The summed E-state index contributed by atoms with van der Waals surface area (Å²) in [6.45, 7) is 6.11. The average Bonchev–Trinajstić information content (AvgIpc) is 3.03. The molecule has 0 aliphatic carbocycles. The lowest BCUT2D eigenvalue weighted by atomic mass is 9.92. The van der Waals surface area contributed by atoms with Gasteiger partial charge >= 0.3 is 0 Å². The fourth-order valence-electron chi connectivity index (χ4n) is 3.98. The second-order valence-corrected chi connectivity index (χ2v) is 6.57. The van der Waals surface area contributed by atoms with Gasteiger partial charge in [0.15, 0.2) is 0 Å². The summed E-state index contributed by atoms with van der Waals surface area (Å²) in [6.07, 6.45) is 6.92. The zero-order valence-corrected chi connectivity index (χ0v) is 12.7. The molecule has 0 spiro atoms. The molecule has 0 bridgehead atoms. The lowest BCUT2D eigenvalue weighted by Gasteiger charge is -2.40. The van der Waals surface area contributed by atoms with E-state index in [1.165, 1.54) is 57.3 Å². The number of hydrogen-bond acceptors (Lipinski definition) is 2. The second kappa shape index (κ2) is 6.73. The van der Waals surface area contributed by atoms with Crippen LogP contribution >= 0.6 is 0 Å². The van der Waals surface area contributed by atoms with Gasteiger partial charge in [-0.1, -0.05) is 43.7 Å². The predicted molar refractivity (Wildman–Crippen MR) is 85.1 cm³/mol. The van der Waals surface area contributed by atoms with Crippen molar-refractivity contribution in [2.45, 2.75) is 57.0 Å². The Hall–Kier alpha value is -0.860. The summed E-state index contributed by atoms with van der Waals surface area (Å²) in [5, 5.41) is 3.73. The van der Waals surface area contributed by atoms with Crippen LogP contribution in [0.2, 0.25) is 0 Å². The van der Waals surface area contributed by atoms with E-state index in [1.54, 1.807) is 0 Å². The van der Waals surface area contributed by atoms with Gasteiger partial charge in [0.25, 0.3) is 0 Å². The third-order valence-corrected chi connectivity index (χ3v) is 5.10. The Bertz CT molecular complexity index is 397. The maximum atomic E-state index is 3.73. The first-order valence-corrected chi connectivity index (χ1v) is 8.37. The number of benzene rings is 1. The monoisotopic (exact) mass is 272 g/mol. The summed E-state index contributed by atoms with van der Waals surface area (Å²) in [4.78, 5) is 2.77. The highest BCUT2D eigenvalue weighted by atomic mass is 15.2. The van der Waals surface area contributed by atoms with E-state index in [-0.39, 0.29) is 0 Å². The van der Waals surface area contributed by atoms with E-state index in [1.807, 2.05) is 0 Å². The van der Waals surface area contributed by atoms with Crippen molar-refractivity contribution in [1.82, 2.24) is 10.2 Å². The number of rotatable bonds is 4. The zero-order chi connectivity index (χ0) is 13.8. The summed E-state index contributed by atoms with van der Waals surface area (Å²) in [5.41, 5.74) is 1.48. The molecule has 2 aliphatic heterocycles. The molecule has 1 N–H and O–H groups in total. The van der Waals surface area contributed by atoms with Crippen molar-refractivity contribution >= 4 is 0 Å². The van der Waals surface area contributed by atoms with Crippen molar-refractivity contribution in [2.24, 2.45) is 0 Å². The summed E-state index contributed by atoms with van der Waals surface area (Å²) in [6, 6.07) is 12.5. The molecule has 3 rings (SSSR count). The van der Waals surface area contributed by atoms with E-state index in [4.69, 9.17) is 0 Å². The molecular weight excluding hydrogens is 244 g/mol. The Morgan fingerprint density at radius 1 is 1.15 bits per heavy atom. The molecule has 2 nitrogen and oxygen atoms in total. The van der Waals surface area contributed by atoms with Crippen molar-refractivity contribution in [1.29, 1.82) is 0 Å². The molecule has 1 aromatic carbocycles. The molecule has 2 aliphatic rings. The van der Waals surface area contributed by atoms with Gasteiger partial charge in [0, 0.05) is 18.6 Å². The Kier molecular flexibility index (Phi) is 4.74. The standard InChI is InChI=1S/C18H28N2/c1-15(16-8-3-2-4-9-16)14-20-13-6-5-11-18(20)17-10-7-12-19-17/h2-4,8-9,15,17-19H,5-7,10-14H2,1H3. The summed E-state index contributed by atoms with van der Waals surface area (Å²) in [5.74, 6) is 0.637. The number of nitrogens with zero attached hydrogens (tertiary/aromatic N) is 1. The van der Waals surface area contributed by atoms with E-state index >= 15 is 0 Å². The van der Waals surface area contributed by atoms with Crippen LogP contribution in [0.3, 0.4) is 0 Å². The minimum atomic E-state index is 0.637. The highest BCUT2D eigenvalue weighted by Crippen LogP contribution is 2.27. The normalized spacial score (nSPS) is 29.4. The Labute approximate surface area is 123 Å². The molecule has 3 unspecified atom stereocenters. The van der Waals surface area contributed by atoms with Gasteiger partial charge < -0.3 is 5.32 Å². The zero-order valence-electron chi connectivity index (χ0n) is 12.7. The summed E-state index contributed by atoms with van der Waals surface area (Å²) < 4.78 is 0. The number of nitrogens with one attached hydrogen (secondary N) is 1. The fourth-order valence-corrected chi connectivity index (χ4v) is 3.98. The van der Waals surface area contributed by atoms with Crippen LogP contribution in [0.4, 0.5) is 0 Å². The van der Waals surface area contributed by atoms with Crippen LogP contribution in [0, 0.1) is 0 Å². The number of likely N-dealkylation sites (tertiary alicyclic amines) is 1. The lowest BCUT2D eigenvalue weighted by Crippen LogP contribution is -2.51. The predicted octanol–water partition coefficient (Wildman–Crippen LogP) is 3.40. The molecule has 0 saturated carbocycles. The summed E-state index contributed by atoms with van der Waals surface area (Å²) >= 11 is 0. The van der Waals surface area contributed by atoms with Gasteiger partial charge in [0.2, 0.25) is 0 Å². The van der Waals surface area contributed by atoms with E-state index in [2.05, 4.69) is 47.5 Å². The van der Waals surface area contributed by atoms with Crippen molar-refractivity contribution < 1.29 is 0 Å². The van der Waals surface area contributed by atoms with E-state index in [0.717, 1.165) is 12.1 Å². The molecule has 2 heterocycles. The minimum Gasteiger partial charge on any atom is -0.312 e. The topological polar surface area (TPSA) is 15.3 Å². The van der Waals surface area contributed by atoms with Gasteiger partial charge in [-0.25, -0.2) is 0 Å². The molecule has 2 heteroatoms. The molecule has 0 aromatic heterocycles. The van der Waals surface area contributed by atoms with Crippen LogP contribution in [-0.4, -0.2) is 36.6 Å². The van der Waals surface area contributed by atoms with Crippen LogP contribution in [0.25, 0.3) is 0 Å². The third kappa shape index (κ3) is 3.24. The van der Waals surface area contributed by atoms with Crippen LogP contribution in [-0.2, 0) is 0 Å². The molecular formula is C18H28N2. The van der Waals surface area contributed by atoms with Crippen LogP contribution in [0.1, 0.15) is 50.5 Å². The first-order valence-electron chi connectivity index (χ1n) is 8.37. The Morgan fingerprint density at radius 2 is 2.00 bits per heavy atom. The van der Waals surface area contributed by atoms with Crippen molar-refractivity contribution in [2.75, 3.05) is 19.6 Å². The summed E-state index contributed by atoms with van der Waals surface area (Å²) in [7, 11) is 0. The number of piperidine rings is 1. The lowest BCUT2D eigenvalue weighted by molar-refractivity contribution is 0.114. The third-order valence-electron chi connectivity index (χ3n) is 5.10. The fraction of sp³-hybridized carbons (Fsp3) is 0.667. The Morgan fingerprint density at radius 3 is 2.75 bits per heavy atom. The molecule has 2 saturated heterocycles. The maximum Gasteiger partial charge on any atom is 0.0249 e. The first-order chi connectivity index (χ1) is 9.84. The van der Waals surface area contributed by atoms with Gasteiger partial charge in [0.05, 0.1) is 0 Å². The minimum absolute atomic E-state index is 0.637. The molecule has 3 atom stereocenters. The average molecular weight is 272 g/mol. The molecule has 20 heavy (non-hydrogen) atoms. The van der Waals surface area contributed by atoms with Gasteiger partial charge in [-0.05, 0) is 50.3 Å². The maximum absolute atomic E-state index is 3.73. The smallest absolute Gasteiger partial charge is 0.0249 e. The molecule has 110 valence electrons. The van der Waals surface area contributed by atoms with Crippen molar-refractivity contribution in [3.05, 3.63) is 35.9 Å². The largest absolute Gasteiger partial charge is 0.312 e. The van der Waals surface area contributed by atoms with Gasteiger partial charge in [-0.15, -0.1) is 0 Å².